The normalized spacial score (nSPS) is 14.2. The van der Waals surface area contributed by atoms with Gasteiger partial charge in [0.2, 0.25) is 0 Å². The lowest BCUT2D eigenvalue weighted by molar-refractivity contribution is 0.0523. The number of ether oxygens (including phenoxy) is 1. The fourth-order valence-corrected chi connectivity index (χ4v) is 3.36. The van der Waals surface area contributed by atoms with Gasteiger partial charge in [0.25, 0.3) is 0 Å². The molecule has 0 bridgehead atoms. The van der Waals surface area contributed by atoms with Crippen LogP contribution in [0.2, 0.25) is 0 Å². The summed E-state index contributed by atoms with van der Waals surface area (Å²) in [7, 11) is 0. The zero-order chi connectivity index (χ0) is 22.3. The van der Waals surface area contributed by atoms with Gasteiger partial charge < -0.3 is 25.2 Å². The minimum atomic E-state index is -0.514. The first-order valence-electron chi connectivity index (χ1n) is 10.7. The summed E-state index contributed by atoms with van der Waals surface area (Å²) < 4.78 is 5.23. The van der Waals surface area contributed by atoms with Gasteiger partial charge in [0.15, 0.2) is 0 Å². The van der Waals surface area contributed by atoms with Crippen molar-refractivity contribution < 1.29 is 14.3 Å². The molecule has 31 heavy (non-hydrogen) atoms. The highest BCUT2D eigenvalue weighted by Crippen LogP contribution is 2.15. The third kappa shape index (κ3) is 7.20. The Balaban J connectivity index is 1.39. The zero-order valence-corrected chi connectivity index (χ0v) is 18.6. The van der Waals surface area contributed by atoms with Crippen molar-refractivity contribution >= 4 is 17.8 Å². The van der Waals surface area contributed by atoms with Crippen molar-refractivity contribution in [2.45, 2.75) is 39.5 Å². The molecule has 2 N–H and O–H groups in total. The lowest BCUT2D eigenvalue weighted by atomic mass is 10.1. The van der Waals surface area contributed by atoms with Crippen molar-refractivity contribution in [2.75, 3.05) is 31.1 Å². The van der Waals surface area contributed by atoms with Crippen LogP contribution in [0.15, 0.2) is 54.6 Å². The van der Waals surface area contributed by atoms with Crippen molar-refractivity contribution in [3.8, 4) is 0 Å². The summed E-state index contributed by atoms with van der Waals surface area (Å²) in [5.41, 5.74) is 2.67. The number of anilines is 1. The molecule has 0 atom stereocenters. The molecule has 0 unspecified atom stereocenters. The van der Waals surface area contributed by atoms with Crippen LogP contribution in [0.25, 0.3) is 0 Å². The van der Waals surface area contributed by atoms with E-state index in [9.17, 15) is 9.59 Å². The molecular weight excluding hydrogens is 392 g/mol. The highest BCUT2D eigenvalue weighted by atomic mass is 16.6. The van der Waals surface area contributed by atoms with Gasteiger partial charge in [0.1, 0.15) is 5.60 Å². The first-order valence-corrected chi connectivity index (χ1v) is 10.7. The molecule has 7 heteroatoms. The quantitative estimate of drug-likeness (QED) is 0.767. The van der Waals surface area contributed by atoms with E-state index in [1.165, 1.54) is 5.69 Å². The molecule has 1 aliphatic heterocycles. The molecule has 1 aliphatic rings. The lowest BCUT2D eigenvalue weighted by Gasteiger charge is -2.36. The van der Waals surface area contributed by atoms with Crippen LogP contribution in [0.3, 0.4) is 0 Å². The number of nitrogens with zero attached hydrogens (tertiary/aromatic N) is 2. The van der Waals surface area contributed by atoms with E-state index in [1.807, 2.05) is 68.1 Å². The third-order valence-electron chi connectivity index (χ3n) is 4.99. The van der Waals surface area contributed by atoms with Crippen molar-refractivity contribution in [2.24, 2.45) is 0 Å². The van der Waals surface area contributed by atoms with E-state index in [1.54, 1.807) is 0 Å². The number of urea groups is 1. The summed E-state index contributed by atoms with van der Waals surface area (Å²) in [6, 6.07) is 18.0. The summed E-state index contributed by atoms with van der Waals surface area (Å²) >= 11 is 0. The van der Waals surface area contributed by atoms with Crippen LogP contribution in [0.4, 0.5) is 15.3 Å². The van der Waals surface area contributed by atoms with Crippen LogP contribution in [0.1, 0.15) is 31.9 Å². The molecule has 1 saturated heterocycles. The smallest absolute Gasteiger partial charge is 0.407 e. The first kappa shape index (κ1) is 22.5. The summed E-state index contributed by atoms with van der Waals surface area (Å²) in [5, 5.41) is 5.74. The lowest BCUT2D eigenvalue weighted by Crippen LogP contribution is -2.51. The molecule has 1 fully saturated rings. The van der Waals surface area contributed by atoms with Crippen molar-refractivity contribution in [1.29, 1.82) is 0 Å². The minimum Gasteiger partial charge on any atom is -0.444 e. The number of para-hydroxylation sites is 1. The van der Waals surface area contributed by atoms with Gasteiger partial charge in [-0.15, -0.1) is 0 Å². The monoisotopic (exact) mass is 424 g/mol. The Hall–Kier alpha value is -3.22. The van der Waals surface area contributed by atoms with Crippen molar-refractivity contribution in [1.82, 2.24) is 15.5 Å². The minimum absolute atomic E-state index is 0.0385. The zero-order valence-electron chi connectivity index (χ0n) is 18.6. The molecule has 0 radical (unpaired) electrons. The molecule has 3 amide bonds. The van der Waals surface area contributed by atoms with Gasteiger partial charge in [0, 0.05) is 45.0 Å². The van der Waals surface area contributed by atoms with Gasteiger partial charge in [0.05, 0.1) is 0 Å². The first-order chi connectivity index (χ1) is 14.8. The van der Waals surface area contributed by atoms with Gasteiger partial charge in [-0.3, -0.25) is 0 Å². The van der Waals surface area contributed by atoms with Crippen LogP contribution >= 0.6 is 0 Å². The number of carbonyl (C=O) groups is 2. The number of rotatable bonds is 5. The van der Waals surface area contributed by atoms with Crippen LogP contribution in [-0.2, 0) is 17.8 Å². The molecule has 7 nitrogen and oxygen atoms in total. The average molecular weight is 425 g/mol. The van der Waals surface area contributed by atoms with Crippen LogP contribution in [0, 0.1) is 0 Å². The highest BCUT2D eigenvalue weighted by Gasteiger charge is 2.21. The summed E-state index contributed by atoms with van der Waals surface area (Å²) in [4.78, 5) is 28.4. The Bertz CT molecular complexity index is 855. The number of alkyl carbamates (subject to hydrolysis) is 1. The van der Waals surface area contributed by atoms with Gasteiger partial charge >= 0.3 is 12.1 Å². The van der Waals surface area contributed by atoms with Crippen LogP contribution in [-0.4, -0.2) is 48.8 Å². The van der Waals surface area contributed by atoms with Crippen molar-refractivity contribution in [3.63, 3.8) is 0 Å². The number of nitrogens with one attached hydrogen (secondary N) is 2. The highest BCUT2D eigenvalue weighted by molar-refractivity contribution is 5.74. The van der Waals surface area contributed by atoms with Crippen molar-refractivity contribution in [3.05, 3.63) is 65.7 Å². The Morgan fingerprint density at radius 2 is 1.39 bits per heavy atom. The van der Waals surface area contributed by atoms with E-state index in [-0.39, 0.29) is 6.03 Å². The van der Waals surface area contributed by atoms with Gasteiger partial charge in [-0.25, -0.2) is 9.59 Å². The van der Waals surface area contributed by atoms with E-state index >= 15 is 0 Å². The SMILES string of the molecule is CC(C)(C)OC(=O)NCc1ccc(CNC(=O)N2CCN(c3ccccc3)CC2)cc1. The van der Waals surface area contributed by atoms with Gasteiger partial charge in [-0.1, -0.05) is 42.5 Å². The molecule has 1 heterocycles. The number of hydrogen-bond acceptors (Lipinski definition) is 4. The number of hydrogen-bond donors (Lipinski definition) is 2. The fourth-order valence-electron chi connectivity index (χ4n) is 3.36. The Morgan fingerprint density at radius 1 is 0.839 bits per heavy atom. The molecule has 166 valence electrons. The Kier molecular flexibility index (Phi) is 7.39. The topological polar surface area (TPSA) is 73.9 Å². The second-order valence-electron chi connectivity index (χ2n) is 8.64. The molecule has 0 aliphatic carbocycles. The van der Waals surface area contributed by atoms with E-state index in [2.05, 4.69) is 27.7 Å². The Morgan fingerprint density at radius 3 is 1.94 bits per heavy atom. The van der Waals surface area contributed by atoms with Crippen LogP contribution in [0.5, 0.6) is 0 Å². The molecule has 2 aromatic carbocycles. The number of carbonyl (C=O) groups excluding carboxylic acids is 2. The summed E-state index contributed by atoms with van der Waals surface area (Å²) in [6.45, 7) is 9.43. The maximum atomic E-state index is 12.5. The Labute approximate surface area is 184 Å². The second-order valence-corrected chi connectivity index (χ2v) is 8.64. The summed E-state index contributed by atoms with van der Waals surface area (Å²) in [5.74, 6) is 0. The maximum absolute atomic E-state index is 12.5. The second kappa shape index (κ2) is 10.2. The molecule has 0 spiro atoms. The van der Waals surface area contributed by atoms with Gasteiger partial charge in [-0.2, -0.15) is 0 Å². The maximum Gasteiger partial charge on any atom is 0.407 e. The van der Waals surface area contributed by atoms with E-state index in [0.717, 1.165) is 24.2 Å². The number of benzene rings is 2. The molecular formula is C24H32N4O3. The van der Waals surface area contributed by atoms with Crippen LogP contribution < -0.4 is 15.5 Å². The molecule has 2 aromatic rings. The predicted octanol–water partition coefficient (Wildman–Crippen LogP) is 3.74. The molecule has 0 aromatic heterocycles. The number of amides is 3. The average Bonchev–Trinajstić information content (AvgIpc) is 2.76. The van der Waals surface area contributed by atoms with Gasteiger partial charge in [-0.05, 0) is 44.0 Å². The largest absolute Gasteiger partial charge is 0.444 e. The molecule has 0 saturated carbocycles. The molecule has 3 rings (SSSR count). The number of piperazine rings is 1. The summed E-state index contributed by atoms with van der Waals surface area (Å²) in [6.07, 6.45) is -0.434. The predicted molar refractivity (Wildman–Crippen MR) is 122 cm³/mol. The van der Waals surface area contributed by atoms with E-state index in [4.69, 9.17) is 4.74 Å². The fraction of sp³-hybridized carbons (Fsp3) is 0.417. The van der Waals surface area contributed by atoms with E-state index in [0.29, 0.717) is 26.2 Å². The van der Waals surface area contributed by atoms with E-state index < -0.39 is 11.7 Å². The standard InChI is InChI=1S/C24H32N4O3/c1-24(2,3)31-23(30)26-18-20-11-9-19(10-12-20)17-25-22(29)28-15-13-27(14-16-28)21-7-5-4-6-8-21/h4-12H,13-18H2,1-3H3,(H,25,29)(H,26,30). The third-order valence-corrected chi connectivity index (χ3v) is 4.99.